The maximum atomic E-state index is 14.1. The minimum atomic E-state index is -0.541. The maximum absolute atomic E-state index is 14.1. The van der Waals surface area contributed by atoms with Crippen LogP contribution in [0.25, 0.3) is 11.3 Å². The van der Waals surface area contributed by atoms with Crippen LogP contribution in [0.1, 0.15) is 58.4 Å². The van der Waals surface area contributed by atoms with Crippen molar-refractivity contribution in [3.63, 3.8) is 0 Å². The highest BCUT2D eigenvalue weighted by atomic mass is 16.5. The zero-order chi connectivity index (χ0) is 31.1. The van der Waals surface area contributed by atoms with Crippen molar-refractivity contribution >= 4 is 11.6 Å². The second kappa shape index (κ2) is 11.7. The molecule has 6 rings (SSSR count). The Labute approximate surface area is 254 Å². The van der Waals surface area contributed by atoms with E-state index < -0.39 is 11.8 Å². The molecule has 12 nitrogen and oxygen atoms in total. The summed E-state index contributed by atoms with van der Waals surface area (Å²) in [5, 5.41) is 19.9. The van der Waals surface area contributed by atoms with Crippen LogP contribution in [0.3, 0.4) is 0 Å². The number of methoxy groups -OCH3 is 1. The van der Waals surface area contributed by atoms with Crippen LogP contribution < -0.4 is 26.0 Å². The van der Waals surface area contributed by atoms with E-state index in [1.807, 2.05) is 25.1 Å². The SMILES string of the molecule is CCOc1cc2c(cc1OC)-c1cc(=Nc3c(C)cc(C4CC4)cc3C)n(CCNC(=O)c3c(O)nnn3C)c(=O)n1CC2. The molecule has 0 spiro atoms. The summed E-state index contributed by atoms with van der Waals surface area (Å²) in [5.41, 5.74) is 7.14. The van der Waals surface area contributed by atoms with E-state index in [1.54, 1.807) is 16.2 Å². The number of nitrogens with one attached hydrogen (secondary N) is 1. The van der Waals surface area contributed by atoms with Gasteiger partial charge in [0.2, 0.25) is 0 Å². The van der Waals surface area contributed by atoms with Crippen LogP contribution in [0.5, 0.6) is 17.4 Å². The molecule has 1 aliphatic heterocycles. The fraction of sp³-hybridized carbons (Fsp3) is 0.406. The van der Waals surface area contributed by atoms with Gasteiger partial charge in [0.05, 0.1) is 25.1 Å². The van der Waals surface area contributed by atoms with Crippen molar-refractivity contribution < 1.29 is 19.4 Å². The number of aromatic hydroxyl groups is 1. The van der Waals surface area contributed by atoms with Crippen molar-refractivity contribution in [1.82, 2.24) is 29.4 Å². The molecule has 2 N–H and O–H groups in total. The number of hydrogen-bond acceptors (Lipinski definition) is 8. The lowest BCUT2D eigenvalue weighted by Gasteiger charge is -2.25. The zero-order valence-electron chi connectivity index (χ0n) is 25.7. The summed E-state index contributed by atoms with van der Waals surface area (Å²) in [6, 6.07) is 10.2. The van der Waals surface area contributed by atoms with E-state index in [0.717, 1.165) is 33.6 Å². The lowest BCUT2D eigenvalue weighted by atomic mass is 9.97. The van der Waals surface area contributed by atoms with Gasteiger partial charge in [-0.15, -0.1) is 0 Å². The minimum Gasteiger partial charge on any atom is -0.493 e. The first-order valence-electron chi connectivity index (χ1n) is 14.9. The summed E-state index contributed by atoms with van der Waals surface area (Å²) in [4.78, 5) is 32.0. The van der Waals surface area contributed by atoms with E-state index >= 15 is 0 Å². The van der Waals surface area contributed by atoms with Gasteiger partial charge in [0.25, 0.3) is 11.8 Å². The van der Waals surface area contributed by atoms with Crippen LogP contribution in [-0.4, -0.2) is 55.4 Å². The molecule has 2 aromatic carbocycles. The number of aryl methyl sites for hydroxylation is 4. The average molecular weight is 600 g/mol. The van der Waals surface area contributed by atoms with Crippen LogP contribution >= 0.6 is 0 Å². The number of benzene rings is 2. The first-order valence-corrected chi connectivity index (χ1v) is 14.9. The van der Waals surface area contributed by atoms with Gasteiger partial charge in [-0.3, -0.25) is 13.9 Å². The molecule has 3 heterocycles. The minimum absolute atomic E-state index is 0.0546. The van der Waals surface area contributed by atoms with Crippen molar-refractivity contribution in [1.29, 1.82) is 0 Å². The van der Waals surface area contributed by atoms with Crippen LogP contribution in [0.2, 0.25) is 0 Å². The fourth-order valence-electron chi connectivity index (χ4n) is 5.97. The fourth-order valence-corrected chi connectivity index (χ4v) is 5.97. The summed E-state index contributed by atoms with van der Waals surface area (Å²) in [6.45, 7) is 7.31. The van der Waals surface area contributed by atoms with Crippen molar-refractivity contribution in [2.75, 3.05) is 20.3 Å². The van der Waals surface area contributed by atoms with Crippen molar-refractivity contribution in [2.24, 2.45) is 12.0 Å². The Balaban J connectivity index is 1.45. The van der Waals surface area contributed by atoms with Gasteiger partial charge in [-0.05, 0) is 80.3 Å². The Kier molecular flexibility index (Phi) is 7.74. The predicted molar refractivity (Wildman–Crippen MR) is 164 cm³/mol. The monoisotopic (exact) mass is 599 g/mol. The highest BCUT2D eigenvalue weighted by molar-refractivity contribution is 5.94. The van der Waals surface area contributed by atoms with Crippen LogP contribution in [0.4, 0.5) is 5.69 Å². The van der Waals surface area contributed by atoms with Gasteiger partial charge in [0, 0.05) is 38.3 Å². The molecule has 1 fully saturated rings. The molecule has 1 aliphatic carbocycles. The maximum Gasteiger partial charge on any atom is 0.330 e. The number of nitrogens with zero attached hydrogens (tertiary/aromatic N) is 6. The van der Waals surface area contributed by atoms with E-state index in [-0.39, 0.29) is 24.5 Å². The molecular formula is C32H37N7O5. The number of fused-ring (bicyclic) bond motifs is 3. The normalized spacial score (nSPS) is 14.2. The molecule has 0 bridgehead atoms. The summed E-state index contributed by atoms with van der Waals surface area (Å²) in [5.74, 6) is 0.892. The van der Waals surface area contributed by atoms with Crippen LogP contribution in [0, 0.1) is 13.8 Å². The summed E-state index contributed by atoms with van der Waals surface area (Å²) in [6.07, 6.45) is 3.07. The number of amides is 1. The molecule has 0 unspecified atom stereocenters. The Bertz CT molecular complexity index is 1860. The van der Waals surface area contributed by atoms with E-state index in [1.165, 1.54) is 30.1 Å². The van der Waals surface area contributed by atoms with Gasteiger partial charge in [0.1, 0.15) is 5.49 Å². The first kappa shape index (κ1) is 29.2. The Morgan fingerprint density at radius 2 is 1.89 bits per heavy atom. The summed E-state index contributed by atoms with van der Waals surface area (Å²) in [7, 11) is 3.12. The topological polar surface area (TPSA) is 138 Å². The molecular weight excluding hydrogens is 562 g/mol. The largest absolute Gasteiger partial charge is 0.493 e. The van der Waals surface area contributed by atoms with Gasteiger partial charge in [-0.2, -0.15) is 0 Å². The van der Waals surface area contributed by atoms with Crippen LogP contribution in [-0.2, 0) is 26.6 Å². The summed E-state index contributed by atoms with van der Waals surface area (Å²) < 4.78 is 16.0. The predicted octanol–water partition coefficient (Wildman–Crippen LogP) is 3.27. The number of rotatable bonds is 9. The van der Waals surface area contributed by atoms with Crippen molar-refractivity contribution in [3.05, 3.63) is 74.3 Å². The molecule has 4 aromatic rings. The van der Waals surface area contributed by atoms with E-state index in [2.05, 4.69) is 41.6 Å². The Morgan fingerprint density at radius 3 is 2.52 bits per heavy atom. The number of carbonyl (C=O) groups excluding carboxylic acids is 1. The quantitative estimate of drug-likeness (QED) is 0.301. The molecule has 0 saturated heterocycles. The molecule has 1 saturated carbocycles. The zero-order valence-corrected chi connectivity index (χ0v) is 25.7. The molecule has 0 radical (unpaired) electrons. The lowest BCUT2D eigenvalue weighted by molar-refractivity contribution is 0.0939. The van der Waals surface area contributed by atoms with Gasteiger partial charge < -0.3 is 19.9 Å². The number of carbonyl (C=O) groups is 1. The third-order valence-corrected chi connectivity index (χ3v) is 8.30. The first-order chi connectivity index (χ1) is 21.2. The van der Waals surface area contributed by atoms with E-state index in [9.17, 15) is 14.7 Å². The van der Waals surface area contributed by atoms with Gasteiger partial charge in [-0.1, -0.05) is 22.4 Å². The second-order valence-electron chi connectivity index (χ2n) is 11.3. The lowest BCUT2D eigenvalue weighted by Crippen LogP contribution is -2.44. The molecule has 2 aliphatic rings. The summed E-state index contributed by atoms with van der Waals surface area (Å²) >= 11 is 0. The van der Waals surface area contributed by atoms with Crippen molar-refractivity contribution in [2.45, 2.75) is 59.0 Å². The number of ether oxygens (including phenoxy) is 2. The molecule has 230 valence electrons. The molecule has 1 amide bonds. The average Bonchev–Trinajstić information content (AvgIpc) is 3.79. The molecule has 2 aromatic heterocycles. The van der Waals surface area contributed by atoms with Gasteiger partial charge >= 0.3 is 5.69 Å². The highest BCUT2D eigenvalue weighted by Crippen LogP contribution is 2.42. The van der Waals surface area contributed by atoms with E-state index in [4.69, 9.17) is 14.5 Å². The highest BCUT2D eigenvalue weighted by Gasteiger charge is 2.25. The van der Waals surface area contributed by atoms with Gasteiger partial charge in [-0.25, -0.2) is 14.5 Å². The van der Waals surface area contributed by atoms with Crippen LogP contribution in [0.15, 0.2) is 40.1 Å². The molecule has 12 heteroatoms. The standard InChI is InChI=1S/C32H37N7O5/c1-6-44-26-15-21-9-11-38-24(23(21)16-25(26)43-5)17-27(34-28-18(2)13-22(14-19(28)3)20-7-8-20)39(32(38)42)12-10-33-30(40)29-31(41)35-36-37(29)4/h13-17,20,41H,6-12H2,1-5H3,(H,33,40). The second-order valence-corrected chi connectivity index (χ2v) is 11.3. The Morgan fingerprint density at radius 1 is 1.14 bits per heavy atom. The van der Waals surface area contributed by atoms with Crippen molar-refractivity contribution in [3.8, 4) is 28.6 Å². The molecule has 44 heavy (non-hydrogen) atoms. The number of hydrogen-bond donors (Lipinski definition) is 2. The molecule has 0 atom stereocenters. The number of aromatic nitrogens is 5. The van der Waals surface area contributed by atoms with E-state index in [0.29, 0.717) is 42.5 Å². The third-order valence-electron chi connectivity index (χ3n) is 8.30. The third kappa shape index (κ3) is 5.36. The van der Waals surface area contributed by atoms with Gasteiger partial charge in [0.15, 0.2) is 17.2 Å². The Hall–Kier alpha value is -4.87. The smallest absolute Gasteiger partial charge is 0.330 e.